The number of ketones is 1. The lowest BCUT2D eigenvalue weighted by molar-refractivity contribution is -0.153. The number of carbonyl (C=O) groups is 6. The Labute approximate surface area is 347 Å². The summed E-state index contributed by atoms with van der Waals surface area (Å²) in [5.74, 6) is -2.90. The summed E-state index contributed by atoms with van der Waals surface area (Å²) in [4.78, 5) is 85.3. The molecule has 0 bridgehead atoms. The van der Waals surface area contributed by atoms with Crippen LogP contribution in [-0.2, 0) is 43.0 Å². The Kier molecular flexibility index (Phi) is 20.5. The van der Waals surface area contributed by atoms with E-state index in [-0.39, 0.29) is 60.0 Å². The van der Waals surface area contributed by atoms with Gasteiger partial charge in [0.15, 0.2) is 0 Å². The number of benzene rings is 1. The highest BCUT2D eigenvalue weighted by molar-refractivity contribution is 5.94. The van der Waals surface area contributed by atoms with Crippen LogP contribution in [0, 0.1) is 23.7 Å². The molecule has 1 fully saturated rings. The van der Waals surface area contributed by atoms with Crippen molar-refractivity contribution in [2.45, 2.75) is 143 Å². The first-order valence-corrected chi connectivity index (χ1v) is 20.8. The summed E-state index contributed by atoms with van der Waals surface area (Å²) in [7, 11) is 8.49. The number of rotatable bonds is 23. The summed E-state index contributed by atoms with van der Waals surface area (Å²) >= 11 is 0. The van der Waals surface area contributed by atoms with Crippen LogP contribution in [0.1, 0.15) is 106 Å². The number of nitrogens with one attached hydrogen (secondary N) is 2. The van der Waals surface area contributed by atoms with Gasteiger partial charge in [-0.05, 0) is 64.1 Å². The zero-order chi connectivity index (χ0) is 44.0. The third kappa shape index (κ3) is 13.6. The quantitative estimate of drug-likeness (QED) is 0.120. The Bertz CT molecular complexity index is 1500. The van der Waals surface area contributed by atoms with Crippen molar-refractivity contribution >= 4 is 35.4 Å². The average molecular weight is 816 g/mol. The van der Waals surface area contributed by atoms with E-state index in [4.69, 9.17) is 14.2 Å². The number of ether oxygens (including phenoxy) is 3. The summed E-state index contributed by atoms with van der Waals surface area (Å²) in [6.45, 7) is 17.1. The van der Waals surface area contributed by atoms with E-state index in [1.807, 2.05) is 66.6 Å². The topological polar surface area (TPSA) is 164 Å². The van der Waals surface area contributed by atoms with Crippen molar-refractivity contribution in [1.82, 2.24) is 25.3 Å². The van der Waals surface area contributed by atoms with E-state index in [1.165, 1.54) is 14.0 Å². The van der Waals surface area contributed by atoms with Crippen molar-refractivity contribution in [1.29, 1.82) is 0 Å². The molecule has 0 radical (unpaired) electrons. The molecule has 0 aliphatic carbocycles. The van der Waals surface area contributed by atoms with Crippen LogP contribution in [0.25, 0.3) is 0 Å². The molecule has 58 heavy (non-hydrogen) atoms. The predicted octanol–water partition coefficient (Wildman–Crippen LogP) is 4.40. The second-order valence-corrected chi connectivity index (χ2v) is 17.0. The minimum atomic E-state index is -0.841. The summed E-state index contributed by atoms with van der Waals surface area (Å²) in [6.07, 6.45) is -0.482. The Morgan fingerprint density at radius 2 is 1.48 bits per heavy atom. The van der Waals surface area contributed by atoms with Crippen LogP contribution in [0.15, 0.2) is 30.3 Å². The normalized spacial score (nSPS) is 19.1. The van der Waals surface area contributed by atoms with Gasteiger partial charge in [-0.3, -0.25) is 33.7 Å². The first-order chi connectivity index (χ1) is 27.2. The van der Waals surface area contributed by atoms with Gasteiger partial charge in [0, 0.05) is 27.8 Å². The minimum Gasteiger partial charge on any atom is -0.455 e. The van der Waals surface area contributed by atoms with Crippen LogP contribution in [0.2, 0.25) is 0 Å². The predicted molar refractivity (Wildman–Crippen MR) is 223 cm³/mol. The number of Topliss-reactive ketones (excluding diaryl/α,β-unsaturated/α-hetero) is 1. The van der Waals surface area contributed by atoms with Gasteiger partial charge in [-0.2, -0.15) is 0 Å². The molecule has 4 amide bonds. The summed E-state index contributed by atoms with van der Waals surface area (Å²) in [5, 5.41) is 6.02. The highest BCUT2D eigenvalue weighted by Gasteiger charge is 2.43. The molecule has 1 aliphatic rings. The molecule has 2 N–H and O–H groups in total. The Hall–Kier alpha value is -3.88. The van der Waals surface area contributed by atoms with Crippen molar-refractivity contribution in [3.05, 3.63) is 35.9 Å². The molecule has 1 saturated heterocycles. The van der Waals surface area contributed by atoms with Crippen LogP contribution >= 0.6 is 0 Å². The van der Waals surface area contributed by atoms with Crippen LogP contribution in [-0.4, -0.2) is 134 Å². The Morgan fingerprint density at radius 1 is 0.862 bits per heavy atom. The van der Waals surface area contributed by atoms with Crippen LogP contribution < -0.4 is 10.6 Å². The molecular weight excluding hydrogens is 743 g/mol. The molecule has 14 heteroatoms. The van der Waals surface area contributed by atoms with Crippen molar-refractivity contribution in [2.75, 3.05) is 41.9 Å². The van der Waals surface area contributed by atoms with Crippen molar-refractivity contribution in [2.24, 2.45) is 23.7 Å². The fourth-order valence-corrected chi connectivity index (χ4v) is 8.33. The fourth-order valence-electron chi connectivity index (χ4n) is 8.33. The molecule has 0 aromatic heterocycles. The first kappa shape index (κ1) is 50.3. The van der Waals surface area contributed by atoms with Gasteiger partial charge in [-0.15, -0.1) is 0 Å². The third-order valence-electron chi connectivity index (χ3n) is 11.5. The highest BCUT2D eigenvalue weighted by atomic mass is 16.5. The van der Waals surface area contributed by atoms with Gasteiger partial charge in [0.1, 0.15) is 24.3 Å². The van der Waals surface area contributed by atoms with Gasteiger partial charge in [-0.25, -0.2) is 0 Å². The maximum atomic E-state index is 14.3. The van der Waals surface area contributed by atoms with Gasteiger partial charge in [0.05, 0.1) is 48.7 Å². The van der Waals surface area contributed by atoms with Gasteiger partial charge in [0.25, 0.3) is 0 Å². The zero-order valence-corrected chi connectivity index (χ0v) is 37.6. The van der Waals surface area contributed by atoms with E-state index in [0.717, 1.165) is 6.42 Å². The van der Waals surface area contributed by atoms with Gasteiger partial charge >= 0.3 is 5.97 Å². The molecule has 1 heterocycles. The van der Waals surface area contributed by atoms with Gasteiger partial charge in [0.2, 0.25) is 23.6 Å². The maximum Gasteiger partial charge on any atom is 0.313 e. The van der Waals surface area contributed by atoms with Crippen LogP contribution in [0.3, 0.4) is 0 Å². The third-order valence-corrected chi connectivity index (χ3v) is 11.5. The largest absolute Gasteiger partial charge is 0.455 e. The zero-order valence-electron chi connectivity index (χ0n) is 37.6. The van der Waals surface area contributed by atoms with Crippen molar-refractivity contribution in [3.63, 3.8) is 0 Å². The molecule has 14 nitrogen and oxygen atoms in total. The highest BCUT2D eigenvalue weighted by Crippen LogP contribution is 2.30. The lowest BCUT2D eigenvalue weighted by atomic mass is 9.89. The molecule has 1 aliphatic heterocycles. The number of nitrogens with zero attached hydrogens (tertiary/aromatic N) is 3. The molecule has 1 aromatic rings. The van der Waals surface area contributed by atoms with E-state index in [1.54, 1.807) is 62.1 Å². The lowest BCUT2D eigenvalue weighted by Crippen LogP contribution is -2.59. The van der Waals surface area contributed by atoms with E-state index in [2.05, 4.69) is 10.6 Å². The lowest BCUT2D eigenvalue weighted by Gasteiger charge is -2.41. The maximum absolute atomic E-state index is 14.3. The van der Waals surface area contributed by atoms with Crippen molar-refractivity contribution in [3.8, 4) is 0 Å². The fraction of sp³-hybridized carbons (Fsp3) is 0.727. The number of amides is 4. The van der Waals surface area contributed by atoms with E-state index < -0.39 is 60.4 Å². The molecule has 2 rings (SSSR count). The minimum absolute atomic E-state index is 0.00713. The number of carbonyl (C=O) groups excluding carboxylic acids is 6. The molecule has 328 valence electrons. The number of methoxy groups -OCH3 is 2. The summed E-state index contributed by atoms with van der Waals surface area (Å²) < 4.78 is 17.7. The van der Waals surface area contributed by atoms with Gasteiger partial charge in [-0.1, -0.05) is 85.2 Å². The van der Waals surface area contributed by atoms with E-state index in [9.17, 15) is 28.8 Å². The summed E-state index contributed by atoms with van der Waals surface area (Å²) in [5.41, 5.74) is 0.667. The molecule has 1 aromatic carbocycles. The Balaban J connectivity index is 2.29. The second kappa shape index (κ2) is 23.6. The van der Waals surface area contributed by atoms with E-state index in [0.29, 0.717) is 24.9 Å². The number of hydrogen-bond acceptors (Lipinski definition) is 10. The Morgan fingerprint density at radius 3 is 1.98 bits per heavy atom. The number of hydrogen-bond donors (Lipinski definition) is 2. The second-order valence-electron chi connectivity index (χ2n) is 17.0. The average Bonchev–Trinajstić information content (AvgIpc) is 3.64. The number of likely N-dealkylation sites (tertiary alicyclic amines) is 1. The van der Waals surface area contributed by atoms with E-state index >= 15 is 0 Å². The number of esters is 1. The van der Waals surface area contributed by atoms with Crippen LogP contribution in [0.4, 0.5) is 0 Å². The molecular formula is C44H73N5O9. The smallest absolute Gasteiger partial charge is 0.313 e. The molecule has 0 saturated carbocycles. The first-order valence-electron chi connectivity index (χ1n) is 20.8. The van der Waals surface area contributed by atoms with Crippen molar-refractivity contribution < 1.29 is 43.0 Å². The summed E-state index contributed by atoms with van der Waals surface area (Å²) in [6, 6.07) is 6.29. The SMILES string of the molecule is CC[C@H](C)[C@@H]([C@@H](CC(=O)N1CCC[C@H]1[C@H](OC)[C@@H](C)C(=O)N[C@H](C)[C@@H](OC(=O)CC(C)=O)c1ccccc1)OC)N(C)C(=O)[C@@H](NC(=O)[C@H](C(C)C)N(C)C)C(C)C. The standard InChI is InChI=1S/C44H73N5O9/c1-15-28(6)39(48(12)44(55)37(26(2)3)46-43(54)38(27(4)5)47(10)11)34(56-13)25-35(51)49-23-19-22-33(49)40(57-14)30(8)42(53)45-31(9)41(32-20-17-16-18-21-32)58-36(52)24-29(7)50/h16-18,20-21,26-28,30-31,33-34,37-41H,15,19,22-25H2,1-14H3,(H,45,53)(H,46,54)/t28-,30+,31+,33-,34+,37-,38-,39-,40+,41+/m0/s1. The van der Waals surface area contributed by atoms with Gasteiger partial charge < -0.3 is 34.6 Å². The van der Waals surface area contributed by atoms with Crippen LogP contribution in [0.5, 0.6) is 0 Å². The molecule has 0 spiro atoms. The number of likely N-dealkylation sites (N-methyl/N-ethyl adjacent to an activating group) is 2. The monoisotopic (exact) mass is 816 g/mol. The molecule has 0 unspecified atom stereocenters. The molecule has 10 atom stereocenters.